The molecule has 1 atom stereocenters. The topological polar surface area (TPSA) is 105 Å². The Kier molecular flexibility index (Phi) is 25.1. The molecule has 0 heterocycles. The molecule has 7 heteroatoms. The van der Waals surface area contributed by atoms with E-state index in [2.05, 4.69) is 89.1 Å². The van der Waals surface area contributed by atoms with Crippen molar-refractivity contribution in [3.63, 3.8) is 0 Å². The zero-order valence-corrected chi connectivity index (χ0v) is 23.7. The first-order valence-electron chi connectivity index (χ1n) is 13.9. The van der Waals surface area contributed by atoms with Crippen LogP contribution in [-0.4, -0.2) is 49.2 Å². The summed E-state index contributed by atoms with van der Waals surface area (Å²) >= 11 is 0. The molecule has 39 heavy (non-hydrogen) atoms. The van der Waals surface area contributed by atoms with E-state index in [-0.39, 0.29) is 12.5 Å². The highest BCUT2D eigenvalue weighted by molar-refractivity contribution is 5.94. The monoisotopic (exact) mass is 540 g/mol. The second kappa shape index (κ2) is 27.6. The number of esters is 1. The van der Waals surface area contributed by atoms with Crippen molar-refractivity contribution in [3.05, 3.63) is 85.1 Å². The van der Waals surface area contributed by atoms with Gasteiger partial charge in [0.05, 0.1) is 13.2 Å². The van der Waals surface area contributed by atoms with Crippen LogP contribution in [0.15, 0.2) is 85.1 Å². The molecule has 0 aromatic carbocycles. The Morgan fingerprint density at radius 2 is 1.15 bits per heavy atom. The van der Waals surface area contributed by atoms with Gasteiger partial charge in [-0.05, 0) is 57.8 Å². The van der Waals surface area contributed by atoms with Crippen LogP contribution in [0, 0.1) is 0 Å². The number of hydrogen-bond donors (Lipinski definition) is 3. The fraction of sp³-hybridized carbons (Fsp3) is 0.469. The smallest absolute Gasteiger partial charge is 0.330 e. The van der Waals surface area contributed by atoms with E-state index in [9.17, 15) is 19.5 Å². The van der Waals surface area contributed by atoms with Crippen molar-refractivity contribution in [2.45, 2.75) is 77.2 Å². The number of aliphatic hydroxyl groups excluding tert-OH is 1. The summed E-state index contributed by atoms with van der Waals surface area (Å²) in [6, 6.07) is 0. The van der Waals surface area contributed by atoms with Crippen LogP contribution in [0.2, 0.25) is 0 Å². The van der Waals surface area contributed by atoms with Gasteiger partial charge in [-0.15, -0.1) is 0 Å². The summed E-state index contributed by atoms with van der Waals surface area (Å²) in [5, 5.41) is 15.3. The predicted molar refractivity (Wildman–Crippen MR) is 160 cm³/mol. The molecule has 2 amide bonds. The van der Waals surface area contributed by atoms with Gasteiger partial charge in [-0.3, -0.25) is 9.59 Å². The third-order valence-electron chi connectivity index (χ3n) is 5.28. The molecular weight excluding hydrogens is 492 g/mol. The predicted octanol–water partition coefficient (Wildman–Crippen LogP) is 5.57. The summed E-state index contributed by atoms with van der Waals surface area (Å²) in [6.07, 6.45) is 34.9. The van der Waals surface area contributed by atoms with E-state index in [1.54, 1.807) is 0 Å². The van der Waals surface area contributed by atoms with Crippen LogP contribution in [0.1, 0.15) is 71.1 Å². The van der Waals surface area contributed by atoms with Gasteiger partial charge >= 0.3 is 5.97 Å². The lowest BCUT2D eigenvalue weighted by molar-refractivity contribution is -0.135. The quantitative estimate of drug-likeness (QED) is 0.0946. The molecule has 0 aliphatic heterocycles. The molecular formula is C32H48N2O5. The lowest BCUT2D eigenvalue weighted by Crippen LogP contribution is -2.29. The minimum atomic E-state index is -0.640. The van der Waals surface area contributed by atoms with E-state index in [4.69, 9.17) is 0 Å². The number of carbonyl (C=O) groups excluding carboxylic acids is 3. The van der Waals surface area contributed by atoms with Gasteiger partial charge in [-0.2, -0.15) is 0 Å². The van der Waals surface area contributed by atoms with Crippen LogP contribution in [0.3, 0.4) is 0 Å². The van der Waals surface area contributed by atoms with Crippen molar-refractivity contribution in [1.82, 2.24) is 10.6 Å². The SMILES string of the molecule is CCC=CCC=CCC=CCC=CCC=CCC=CCCC(=O)NCCC(O)CCNC(=O)C=CC(=O)OC. The third-order valence-corrected chi connectivity index (χ3v) is 5.28. The number of carbonyl (C=O) groups is 3. The van der Waals surface area contributed by atoms with Crippen LogP contribution >= 0.6 is 0 Å². The Bertz CT molecular complexity index is 866. The first kappa shape index (κ1) is 35.5. The van der Waals surface area contributed by atoms with Crippen LogP contribution in [0.5, 0.6) is 0 Å². The van der Waals surface area contributed by atoms with E-state index >= 15 is 0 Å². The van der Waals surface area contributed by atoms with Gasteiger partial charge in [-0.1, -0.05) is 79.8 Å². The number of allylic oxidation sites excluding steroid dienone is 12. The van der Waals surface area contributed by atoms with Gasteiger partial charge < -0.3 is 20.5 Å². The minimum Gasteiger partial charge on any atom is -0.466 e. The van der Waals surface area contributed by atoms with Crippen molar-refractivity contribution < 1.29 is 24.2 Å². The molecule has 0 saturated carbocycles. The molecule has 0 aromatic heterocycles. The molecule has 0 aliphatic rings. The lowest BCUT2D eigenvalue weighted by atomic mass is 10.2. The van der Waals surface area contributed by atoms with Crippen LogP contribution < -0.4 is 10.6 Å². The first-order valence-corrected chi connectivity index (χ1v) is 13.9. The molecule has 0 aromatic rings. The molecule has 0 aliphatic carbocycles. The van der Waals surface area contributed by atoms with Gasteiger partial charge in [0, 0.05) is 31.7 Å². The molecule has 3 N–H and O–H groups in total. The Balaban J connectivity index is 3.70. The summed E-state index contributed by atoms with van der Waals surface area (Å²) in [5.41, 5.74) is 0. The molecule has 7 nitrogen and oxygen atoms in total. The number of amides is 2. The van der Waals surface area contributed by atoms with Crippen LogP contribution in [-0.2, 0) is 19.1 Å². The maximum Gasteiger partial charge on any atom is 0.330 e. The summed E-state index contributed by atoms with van der Waals surface area (Å²) in [5.74, 6) is -1.10. The summed E-state index contributed by atoms with van der Waals surface area (Å²) in [7, 11) is 1.23. The van der Waals surface area contributed by atoms with Crippen LogP contribution in [0.4, 0.5) is 0 Å². The second-order valence-electron chi connectivity index (χ2n) is 8.68. The summed E-state index contributed by atoms with van der Waals surface area (Å²) in [4.78, 5) is 34.3. The zero-order valence-electron chi connectivity index (χ0n) is 23.7. The largest absolute Gasteiger partial charge is 0.466 e. The average molecular weight is 541 g/mol. The molecule has 0 spiro atoms. The maximum atomic E-state index is 11.9. The van der Waals surface area contributed by atoms with Crippen molar-refractivity contribution in [2.24, 2.45) is 0 Å². The van der Waals surface area contributed by atoms with E-state index in [0.717, 1.165) is 50.7 Å². The van der Waals surface area contributed by atoms with Crippen molar-refractivity contribution in [1.29, 1.82) is 0 Å². The Hall–Kier alpha value is -3.45. The highest BCUT2D eigenvalue weighted by Gasteiger charge is 2.06. The van der Waals surface area contributed by atoms with Gasteiger partial charge in [0.2, 0.25) is 11.8 Å². The van der Waals surface area contributed by atoms with E-state index < -0.39 is 18.0 Å². The number of nitrogens with one attached hydrogen (secondary N) is 2. The molecule has 1 unspecified atom stereocenters. The van der Waals surface area contributed by atoms with Gasteiger partial charge in [0.1, 0.15) is 0 Å². The number of ether oxygens (including phenoxy) is 1. The Morgan fingerprint density at radius 1 is 0.692 bits per heavy atom. The number of methoxy groups -OCH3 is 1. The van der Waals surface area contributed by atoms with E-state index in [1.807, 2.05) is 6.08 Å². The van der Waals surface area contributed by atoms with E-state index in [1.165, 1.54) is 7.11 Å². The highest BCUT2D eigenvalue weighted by atomic mass is 16.5. The molecule has 0 radical (unpaired) electrons. The van der Waals surface area contributed by atoms with Crippen LogP contribution in [0.25, 0.3) is 0 Å². The number of hydrogen-bond acceptors (Lipinski definition) is 5. The maximum absolute atomic E-state index is 11.9. The fourth-order valence-corrected chi connectivity index (χ4v) is 3.10. The lowest BCUT2D eigenvalue weighted by Gasteiger charge is -2.11. The Morgan fingerprint density at radius 3 is 1.64 bits per heavy atom. The molecule has 0 fully saturated rings. The van der Waals surface area contributed by atoms with Gasteiger partial charge in [0.15, 0.2) is 0 Å². The normalized spacial score (nSPS) is 13.2. The Labute approximate surface area is 235 Å². The number of aliphatic hydroxyl groups is 1. The van der Waals surface area contributed by atoms with Crippen molar-refractivity contribution in [2.75, 3.05) is 20.2 Å². The fourth-order valence-electron chi connectivity index (χ4n) is 3.10. The summed E-state index contributed by atoms with van der Waals surface area (Å²) in [6.45, 7) is 2.78. The minimum absolute atomic E-state index is 0.0528. The third kappa shape index (κ3) is 27.4. The number of rotatable bonds is 22. The highest BCUT2D eigenvalue weighted by Crippen LogP contribution is 1.99. The van der Waals surface area contributed by atoms with Crippen molar-refractivity contribution >= 4 is 17.8 Å². The van der Waals surface area contributed by atoms with Crippen molar-refractivity contribution in [3.8, 4) is 0 Å². The summed E-state index contributed by atoms with van der Waals surface area (Å²) < 4.78 is 4.40. The zero-order chi connectivity index (χ0) is 28.8. The van der Waals surface area contributed by atoms with E-state index in [0.29, 0.717) is 32.2 Å². The van der Waals surface area contributed by atoms with Gasteiger partial charge in [-0.25, -0.2) is 4.79 Å². The van der Waals surface area contributed by atoms with Gasteiger partial charge in [0.25, 0.3) is 0 Å². The molecule has 0 rings (SSSR count). The molecule has 0 bridgehead atoms. The molecule has 0 saturated heterocycles. The second-order valence-corrected chi connectivity index (χ2v) is 8.68. The average Bonchev–Trinajstić information content (AvgIpc) is 2.92. The first-order chi connectivity index (χ1) is 19.0. The standard InChI is InChI=1S/C32H48N2O5/c1-3-4-5-6-7-8-9-10-11-12-13-14-15-16-17-18-19-20-21-22-30(36)33-27-25-29(35)26-28-34-31(37)23-24-32(38)39-2/h4-5,7-8,10-11,13-14,16-17,19-20,23-24,29,35H,3,6,9,12,15,18,21-22,25-28H2,1-2H3,(H,33,36)(H,34,37). The molecule has 216 valence electrons.